The Labute approximate surface area is 118 Å². The van der Waals surface area contributed by atoms with E-state index in [2.05, 4.69) is 43.6 Å². The molecule has 2 heteroatoms. The minimum absolute atomic E-state index is 0.319. The summed E-state index contributed by atoms with van der Waals surface area (Å²) in [6.07, 6.45) is 9.21. The van der Waals surface area contributed by atoms with Crippen molar-refractivity contribution >= 4 is 0 Å². The van der Waals surface area contributed by atoms with Gasteiger partial charge in [-0.05, 0) is 83.5 Å². The first kappa shape index (κ1) is 14.5. The lowest BCUT2D eigenvalue weighted by Crippen LogP contribution is -2.41. The number of pyridine rings is 1. The molecule has 0 aliphatic carbocycles. The van der Waals surface area contributed by atoms with Crippen molar-refractivity contribution in [1.82, 2.24) is 9.88 Å². The van der Waals surface area contributed by atoms with Crippen LogP contribution >= 0.6 is 0 Å². The molecule has 106 valence electrons. The van der Waals surface area contributed by atoms with Crippen LogP contribution in [0.3, 0.4) is 0 Å². The number of aromatic nitrogens is 1. The van der Waals surface area contributed by atoms with Gasteiger partial charge < -0.3 is 0 Å². The van der Waals surface area contributed by atoms with Crippen molar-refractivity contribution in [2.45, 2.75) is 58.9 Å². The Morgan fingerprint density at radius 2 is 2.00 bits per heavy atom. The van der Waals surface area contributed by atoms with Crippen LogP contribution in [0.4, 0.5) is 0 Å². The molecule has 1 fully saturated rings. The molecule has 2 nitrogen and oxygen atoms in total. The molecule has 2 heterocycles. The van der Waals surface area contributed by atoms with Crippen molar-refractivity contribution in [3.05, 3.63) is 29.6 Å². The second-order valence-electron chi connectivity index (χ2n) is 7.03. The van der Waals surface area contributed by atoms with Crippen molar-refractivity contribution < 1.29 is 0 Å². The van der Waals surface area contributed by atoms with Crippen molar-refractivity contribution in [2.24, 2.45) is 5.92 Å². The fraction of sp³-hybridized carbons (Fsp3) is 0.706. The predicted octanol–water partition coefficient (Wildman–Crippen LogP) is 3.83. The van der Waals surface area contributed by atoms with Crippen LogP contribution in [0.25, 0.3) is 0 Å². The Hall–Kier alpha value is -0.890. The van der Waals surface area contributed by atoms with Gasteiger partial charge in [-0.3, -0.25) is 9.88 Å². The van der Waals surface area contributed by atoms with E-state index in [0.29, 0.717) is 5.54 Å². The van der Waals surface area contributed by atoms with E-state index in [1.165, 1.54) is 49.9 Å². The SMILES string of the molecule is Cc1cncc(CC2CCCN(C(C)(C)C)CC2)c1. The van der Waals surface area contributed by atoms with Crippen LogP contribution in [-0.4, -0.2) is 28.5 Å². The summed E-state index contributed by atoms with van der Waals surface area (Å²) in [5, 5.41) is 0. The van der Waals surface area contributed by atoms with Gasteiger partial charge in [0.25, 0.3) is 0 Å². The molecule has 1 unspecified atom stereocenters. The molecule has 1 atom stereocenters. The molecule has 0 amide bonds. The quantitative estimate of drug-likeness (QED) is 0.803. The standard InChI is InChI=1S/C17H28N2/c1-14-10-16(13-18-12-14)11-15-6-5-8-19(9-7-15)17(2,3)4/h10,12-13,15H,5-9,11H2,1-4H3. The van der Waals surface area contributed by atoms with Gasteiger partial charge in [-0.25, -0.2) is 0 Å². The molecule has 0 bridgehead atoms. The lowest BCUT2D eigenvalue weighted by Gasteiger charge is -2.34. The van der Waals surface area contributed by atoms with E-state index in [0.717, 1.165) is 5.92 Å². The Kier molecular flexibility index (Phi) is 4.62. The van der Waals surface area contributed by atoms with E-state index < -0.39 is 0 Å². The average Bonchev–Trinajstić information content (AvgIpc) is 2.54. The first-order chi connectivity index (χ1) is 8.95. The second-order valence-corrected chi connectivity index (χ2v) is 7.03. The molecule has 0 aromatic carbocycles. The zero-order valence-corrected chi connectivity index (χ0v) is 12.9. The highest BCUT2D eigenvalue weighted by Crippen LogP contribution is 2.25. The van der Waals surface area contributed by atoms with Gasteiger partial charge in [0.05, 0.1) is 0 Å². The highest BCUT2D eigenvalue weighted by Gasteiger charge is 2.24. The van der Waals surface area contributed by atoms with E-state index in [4.69, 9.17) is 0 Å². The van der Waals surface area contributed by atoms with Gasteiger partial charge in [0.2, 0.25) is 0 Å². The summed E-state index contributed by atoms with van der Waals surface area (Å²) in [6.45, 7) is 11.6. The zero-order valence-electron chi connectivity index (χ0n) is 12.9. The number of hydrogen-bond acceptors (Lipinski definition) is 2. The maximum atomic E-state index is 4.32. The maximum absolute atomic E-state index is 4.32. The Morgan fingerprint density at radius 3 is 2.68 bits per heavy atom. The lowest BCUT2D eigenvalue weighted by atomic mass is 9.93. The van der Waals surface area contributed by atoms with E-state index in [1.54, 1.807) is 0 Å². The normalized spacial score (nSPS) is 22.2. The van der Waals surface area contributed by atoms with Crippen molar-refractivity contribution in [3.8, 4) is 0 Å². The third-order valence-corrected chi connectivity index (χ3v) is 4.25. The number of hydrogen-bond donors (Lipinski definition) is 0. The van der Waals surface area contributed by atoms with Crippen LogP contribution in [0.1, 0.15) is 51.2 Å². The van der Waals surface area contributed by atoms with Crippen LogP contribution in [0.15, 0.2) is 18.5 Å². The first-order valence-corrected chi connectivity index (χ1v) is 7.61. The van der Waals surface area contributed by atoms with Crippen LogP contribution in [0.5, 0.6) is 0 Å². The number of rotatable bonds is 2. The van der Waals surface area contributed by atoms with Gasteiger partial charge in [0, 0.05) is 17.9 Å². The van der Waals surface area contributed by atoms with Gasteiger partial charge in [-0.1, -0.05) is 6.07 Å². The smallest absolute Gasteiger partial charge is 0.0300 e. The summed E-state index contributed by atoms with van der Waals surface area (Å²) in [5.41, 5.74) is 3.01. The van der Waals surface area contributed by atoms with Crippen LogP contribution in [0.2, 0.25) is 0 Å². The van der Waals surface area contributed by atoms with E-state index in [-0.39, 0.29) is 0 Å². The average molecular weight is 260 g/mol. The molecule has 1 aliphatic heterocycles. The molecule has 1 aliphatic rings. The first-order valence-electron chi connectivity index (χ1n) is 7.61. The number of nitrogens with zero attached hydrogens (tertiary/aromatic N) is 2. The van der Waals surface area contributed by atoms with Crippen molar-refractivity contribution in [3.63, 3.8) is 0 Å². The monoisotopic (exact) mass is 260 g/mol. The van der Waals surface area contributed by atoms with Gasteiger partial charge in [-0.2, -0.15) is 0 Å². The molecule has 0 radical (unpaired) electrons. The molecule has 2 rings (SSSR count). The van der Waals surface area contributed by atoms with Crippen LogP contribution in [0, 0.1) is 12.8 Å². The third-order valence-electron chi connectivity index (χ3n) is 4.25. The zero-order chi connectivity index (χ0) is 13.9. The van der Waals surface area contributed by atoms with Gasteiger partial charge >= 0.3 is 0 Å². The highest BCUT2D eigenvalue weighted by atomic mass is 15.2. The van der Waals surface area contributed by atoms with Gasteiger partial charge in [0.1, 0.15) is 0 Å². The number of aryl methyl sites for hydroxylation is 1. The summed E-state index contributed by atoms with van der Waals surface area (Å²) < 4.78 is 0. The van der Waals surface area contributed by atoms with E-state index >= 15 is 0 Å². The topological polar surface area (TPSA) is 16.1 Å². The summed E-state index contributed by atoms with van der Waals surface area (Å²) in [5.74, 6) is 0.830. The summed E-state index contributed by atoms with van der Waals surface area (Å²) in [7, 11) is 0. The van der Waals surface area contributed by atoms with E-state index in [1.807, 2.05) is 12.4 Å². The highest BCUT2D eigenvalue weighted by molar-refractivity contribution is 5.17. The summed E-state index contributed by atoms with van der Waals surface area (Å²) >= 11 is 0. The molecular formula is C17H28N2. The molecule has 1 aromatic heterocycles. The predicted molar refractivity (Wildman–Crippen MR) is 81.3 cm³/mol. The third kappa shape index (κ3) is 4.31. The largest absolute Gasteiger partial charge is 0.298 e. The van der Waals surface area contributed by atoms with Crippen LogP contribution < -0.4 is 0 Å². The molecule has 0 spiro atoms. The minimum atomic E-state index is 0.319. The Bertz CT molecular complexity index is 406. The lowest BCUT2D eigenvalue weighted by molar-refractivity contribution is 0.141. The van der Waals surface area contributed by atoms with Crippen molar-refractivity contribution in [1.29, 1.82) is 0 Å². The van der Waals surface area contributed by atoms with Crippen molar-refractivity contribution in [2.75, 3.05) is 13.1 Å². The molecule has 1 aromatic rings. The maximum Gasteiger partial charge on any atom is 0.0300 e. The Balaban J connectivity index is 1.93. The van der Waals surface area contributed by atoms with E-state index in [9.17, 15) is 0 Å². The fourth-order valence-corrected chi connectivity index (χ4v) is 3.10. The summed E-state index contributed by atoms with van der Waals surface area (Å²) in [6, 6.07) is 2.29. The number of likely N-dealkylation sites (tertiary alicyclic amines) is 1. The van der Waals surface area contributed by atoms with Gasteiger partial charge in [-0.15, -0.1) is 0 Å². The molecule has 0 saturated carbocycles. The summed E-state index contributed by atoms with van der Waals surface area (Å²) in [4.78, 5) is 6.96. The minimum Gasteiger partial charge on any atom is -0.298 e. The molecular weight excluding hydrogens is 232 g/mol. The molecule has 0 N–H and O–H groups in total. The van der Waals surface area contributed by atoms with Crippen LogP contribution in [-0.2, 0) is 6.42 Å². The molecule has 19 heavy (non-hydrogen) atoms. The second kappa shape index (κ2) is 6.04. The fourth-order valence-electron chi connectivity index (χ4n) is 3.10. The Morgan fingerprint density at radius 1 is 1.21 bits per heavy atom. The molecule has 1 saturated heterocycles. The van der Waals surface area contributed by atoms with Gasteiger partial charge in [0.15, 0.2) is 0 Å².